The number of fused-ring (bicyclic) bond motifs is 1. The van der Waals surface area contributed by atoms with Crippen LogP contribution in [0.25, 0.3) is 0 Å². The Bertz CT molecular complexity index is 1270. The van der Waals surface area contributed by atoms with Gasteiger partial charge in [0.2, 0.25) is 0 Å². The van der Waals surface area contributed by atoms with E-state index < -0.39 is 11.9 Å². The van der Waals surface area contributed by atoms with Gasteiger partial charge < -0.3 is 29.4 Å². The van der Waals surface area contributed by atoms with Crippen LogP contribution in [0.3, 0.4) is 0 Å². The van der Waals surface area contributed by atoms with E-state index in [0.29, 0.717) is 65.1 Å². The van der Waals surface area contributed by atoms with Crippen molar-refractivity contribution in [3.63, 3.8) is 0 Å². The number of amides is 2. The molecule has 0 saturated carbocycles. The van der Waals surface area contributed by atoms with Crippen LogP contribution in [0.1, 0.15) is 60.3 Å². The van der Waals surface area contributed by atoms with Gasteiger partial charge in [0.1, 0.15) is 5.69 Å². The number of aromatic nitrogens is 1. The summed E-state index contributed by atoms with van der Waals surface area (Å²) in [5.41, 5.74) is 2.65. The molecule has 1 atom stereocenters. The number of carboxylic acid groups (broad SMARTS) is 1. The zero-order chi connectivity index (χ0) is 26.4. The molecule has 0 spiro atoms. The molecule has 0 bridgehead atoms. The van der Waals surface area contributed by atoms with Gasteiger partial charge in [0.05, 0.1) is 4.47 Å². The Morgan fingerprint density at radius 2 is 1.86 bits per heavy atom. The summed E-state index contributed by atoms with van der Waals surface area (Å²) in [4.78, 5) is 43.4. The van der Waals surface area contributed by atoms with Gasteiger partial charge in [0, 0.05) is 49.8 Å². The van der Waals surface area contributed by atoms with E-state index in [2.05, 4.69) is 20.9 Å². The van der Waals surface area contributed by atoms with Gasteiger partial charge in [-0.05, 0) is 66.7 Å². The number of likely N-dealkylation sites (tertiary alicyclic amines) is 1. The van der Waals surface area contributed by atoms with Crippen molar-refractivity contribution in [3.8, 4) is 11.5 Å². The zero-order valence-electron chi connectivity index (χ0n) is 21.2. The predicted molar refractivity (Wildman–Crippen MR) is 139 cm³/mol. The third-order valence-electron chi connectivity index (χ3n) is 7.17. The summed E-state index contributed by atoms with van der Waals surface area (Å²) in [7, 11) is 1.61. The first-order chi connectivity index (χ1) is 17.0. The summed E-state index contributed by atoms with van der Waals surface area (Å²) in [6.45, 7) is 8.35. The molecule has 36 heavy (non-hydrogen) atoms. The molecule has 0 radical (unpaired) electrons. The van der Waals surface area contributed by atoms with Crippen LogP contribution < -0.4 is 19.9 Å². The number of H-pyrrole nitrogens is 1. The monoisotopic (exact) mass is 561 g/mol. The molecule has 0 unspecified atom stereocenters. The number of anilines is 1. The molecule has 194 valence electrons. The summed E-state index contributed by atoms with van der Waals surface area (Å²) in [5, 5.41) is 9.26. The first-order valence-corrected chi connectivity index (χ1v) is 13.0. The SMILES string of the molecule is CCCc1cc(C)[nH]c(=O)c1N(C)C(=O)c1cc(Br)c2c(c1C)O[C@@](C)(C1CCN(C(=O)O)CC1)O2. The number of hydrogen-bond donors (Lipinski definition) is 2. The van der Waals surface area contributed by atoms with E-state index in [9.17, 15) is 19.5 Å². The molecule has 2 aromatic rings. The fourth-order valence-electron chi connectivity index (χ4n) is 5.19. The van der Waals surface area contributed by atoms with E-state index in [1.54, 1.807) is 20.0 Å². The van der Waals surface area contributed by atoms with E-state index in [1.807, 2.05) is 26.8 Å². The van der Waals surface area contributed by atoms with E-state index in [4.69, 9.17) is 9.47 Å². The summed E-state index contributed by atoms with van der Waals surface area (Å²) >= 11 is 3.54. The van der Waals surface area contributed by atoms with Crippen LogP contribution in [0.4, 0.5) is 10.5 Å². The largest absolute Gasteiger partial charge is 0.465 e. The highest BCUT2D eigenvalue weighted by Gasteiger charge is 2.47. The molecular formula is C26H32BrN3O6. The lowest BCUT2D eigenvalue weighted by Crippen LogP contribution is -2.49. The van der Waals surface area contributed by atoms with Gasteiger partial charge in [-0.15, -0.1) is 0 Å². The van der Waals surface area contributed by atoms with Crippen LogP contribution in [-0.2, 0) is 6.42 Å². The average Bonchev–Trinajstić information content (AvgIpc) is 3.20. The van der Waals surface area contributed by atoms with Crippen LogP contribution in [0, 0.1) is 19.8 Å². The second-order valence-electron chi connectivity index (χ2n) is 9.72. The van der Waals surface area contributed by atoms with Crippen molar-refractivity contribution in [2.24, 2.45) is 5.92 Å². The van der Waals surface area contributed by atoms with Crippen LogP contribution in [-0.4, -0.2) is 52.9 Å². The van der Waals surface area contributed by atoms with Gasteiger partial charge in [-0.3, -0.25) is 9.59 Å². The Kier molecular flexibility index (Phi) is 7.10. The van der Waals surface area contributed by atoms with Crippen molar-refractivity contribution in [2.45, 2.75) is 59.2 Å². The molecule has 2 aliphatic heterocycles. The molecule has 1 fully saturated rings. The third kappa shape index (κ3) is 4.58. The van der Waals surface area contributed by atoms with Gasteiger partial charge >= 0.3 is 6.09 Å². The van der Waals surface area contributed by atoms with E-state index in [0.717, 1.165) is 17.7 Å². The summed E-state index contributed by atoms with van der Waals surface area (Å²) in [5.74, 6) is -0.312. The van der Waals surface area contributed by atoms with Crippen molar-refractivity contribution >= 4 is 33.6 Å². The number of carbonyl (C=O) groups excluding carboxylic acids is 1. The number of halogens is 1. The van der Waals surface area contributed by atoms with Crippen molar-refractivity contribution in [2.75, 3.05) is 25.0 Å². The molecule has 10 heteroatoms. The molecule has 1 aromatic heterocycles. The molecule has 2 amide bonds. The second kappa shape index (κ2) is 9.80. The molecule has 4 rings (SSSR count). The first-order valence-electron chi connectivity index (χ1n) is 12.2. The topological polar surface area (TPSA) is 112 Å². The van der Waals surface area contributed by atoms with Crippen LogP contribution in [0.15, 0.2) is 21.4 Å². The molecule has 1 saturated heterocycles. The average molecular weight is 562 g/mol. The lowest BCUT2D eigenvalue weighted by Gasteiger charge is -2.37. The Labute approximate surface area is 218 Å². The highest BCUT2D eigenvalue weighted by atomic mass is 79.9. The van der Waals surface area contributed by atoms with Crippen LogP contribution in [0.2, 0.25) is 0 Å². The summed E-state index contributed by atoms with van der Waals surface area (Å²) in [6, 6.07) is 3.62. The summed E-state index contributed by atoms with van der Waals surface area (Å²) in [6.07, 6.45) is 1.82. The fraction of sp³-hybridized carbons (Fsp3) is 0.500. The van der Waals surface area contributed by atoms with Crippen LogP contribution in [0.5, 0.6) is 11.5 Å². The molecule has 3 heterocycles. The Morgan fingerprint density at radius 1 is 1.22 bits per heavy atom. The standard InChI is InChI=1S/C26H32BrN3O6/c1-6-7-16-12-14(2)28-23(31)20(16)29(5)24(32)18-13-19(27)22-21(15(18)3)35-26(4,36-22)17-8-10-30(11-9-17)25(33)34/h12-13,17H,6-11H2,1-5H3,(H,28,31)(H,33,34)/t26-/m1/s1. The van der Waals surface area contributed by atoms with Crippen molar-refractivity contribution < 1.29 is 24.2 Å². The summed E-state index contributed by atoms with van der Waals surface area (Å²) < 4.78 is 13.2. The van der Waals surface area contributed by atoms with E-state index in [1.165, 1.54) is 9.80 Å². The molecule has 1 aromatic carbocycles. The normalized spacial score (nSPS) is 19.4. The molecule has 0 aliphatic carbocycles. The smallest absolute Gasteiger partial charge is 0.407 e. The zero-order valence-corrected chi connectivity index (χ0v) is 22.8. The number of piperidine rings is 1. The maximum atomic E-state index is 13.7. The molecule has 9 nitrogen and oxygen atoms in total. The highest BCUT2D eigenvalue weighted by molar-refractivity contribution is 9.10. The van der Waals surface area contributed by atoms with E-state index in [-0.39, 0.29) is 17.4 Å². The minimum absolute atomic E-state index is 0.0173. The van der Waals surface area contributed by atoms with Gasteiger partial charge in [0.15, 0.2) is 11.5 Å². The molecule has 2 aliphatic rings. The number of ether oxygens (including phenoxy) is 2. The third-order valence-corrected chi connectivity index (χ3v) is 7.75. The lowest BCUT2D eigenvalue weighted by molar-refractivity contribution is -0.123. The number of rotatable bonds is 5. The number of carbonyl (C=O) groups is 2. The number of aryl methyl sites for hydroxylation is 2. The van der Waals surface area contributed by atoms with Crippen molar-refractivity contribution in [3.05, 3.63) is 49.3 Å². The van der Waals surface area contributed by atoms with E-state index >= 15 is 0 Å². The number of nitrogens with one attached hydrogen (secondary N) is 1. The number of hydrogen-bond acceptors (Lipinski definition) is 5. The molecule has 2 N–H and O–H groups in total. The number of nitrogens with zero attached hydrogens (tertiary/aromatic N) is 2. The van der Waals surface area contributed by atoms with Gasteiger partial charge in [-0.2, -0.15) is 0 Å². The minimum atomic E-state index is -0.976. The van der Waals surface area contributed by atoms with Gasteiger partial charge in [-0.1, -0.05) is 13.3 Å². The highest BCUT2D eigenvalue weighted by Crippen LogP contribution is 2.51. The Hall–Kier alpha value is -3.01. The first kappa shape index (κ1) is 26.1. The lowest BCUT2D eigenvalue weighted by atomic mass is 9.89. The van der Waals surface area contributed by atoms with Gasteiger partial charge in [-0.25, -0.2) is 4.79 Å². The number of benzene rings is 1. The fourth-order valence-corrected chi connectivity index (χ4v) is 5.68. The van der Waals surface area contributed by atoms with Crippen molar-refractivity contribution in [1.82, 2.24) is 9.88 Å². The maximum Gasteiger partial charge on any atom is 0.407 e. The Morgan fingerprint density at radius 3 is 2.47 bits per heavy atom. The quantitative estimate of drug-likeness (QED) is 0.539. The molecular weight excluding hydrogens is 530 g/mol. The minimum Gasteiger partial charge on any atom is -0.465 e. The number of aromatic amines is 1. The maximum absolute atomic E-state index is 13.7. The Balaban J connectivity index is 1.64. The van der Waals surface area contributed by atoms with Gasteiger partial charge in [0.25, 0.3) is 17.3 Å². The predicted octanol–water partition coefficient (Wildman–Crippen LogP) is 4.86. The van der Waals surface area contributed by atoms with Crippen LogP contribution >= 0.6 is 15.9 Å². The second-order valence-corrected chi connectivity index (χ2v) is 10.6. The van der Waals surface area contributed by atoms with Crippen molar-refractivity contribution in [1.29, 1.82) is 0 Å². The number of pyridine rings is 1.